The molecule has 0 spiro atoms. The molecule has 0 amide bonds. The Kier molecular flexibility index (Phi) is 6.32. The van der Waals surface area contributed by atoms with Crippen LogP contribution in [0.4, 0.5) is 0 Å². The number of hydrogen-bond acceptors (Lipinski definition) is 6. The van der Waals surface area contributed by atoms with Gasteiger partial charge in [-0.3, -0.25) is 0 Å². The van der Waals surface area contributed by atoms with Gasteiger partial charge < -0.3 is 14.2 Å². The van der Waals surface area contributed by atoms with E-state index in [4.69, 9.17) is 14.2 Å². The fraction of sp³-hybridized carbons (Fsp3) is 0.174. The molecule has 2 aromatic carbocycles. The van der Waals surface area contributed by atoms with Crippen molar-refractivity contribution in [2.45, 2.75) is 6.92 Å². The minimum absolute atomic E-state index is 0.0150. The van der Waals surface area contributed by atoms with Crippen molar-refractivity contribution < 1.29 is 23.8 Å². The number of esters is 2. The van der Waals surface area contributed by atoms with Crippen LogP contribution in [0.2, 0.25) is 0 Å². The lowest BCUT2D eigenvalue weighted by molar-refractivity contribution is 0.0549. The Morgan fingerprint density at radius 1 is 1.00 bits per heavy atom. The quantitative estimate of drug-likeness (QED) is 0.435. The van der Waals surface area contributed by atoms with Crippen LogP contribution in [-0.2, 0) is 9.47 Å². The van der Waals surface area contributed by atoms with Crippen LogP contribution in [0.15, 0.2) is 66.7 Å². The third kappa shape index (κ3) is 4.25. The van der Waals surface area contributed by atoms with Crippen molar-refractivity contribution >= 4 is 11.9 Å². The molecule has 1 heterocycles. The number of ether oxygens (including phenoxy) is 3. The molecule has 0 N–H and O–H groups in total. The standard InChI is InChI=1S/C23H22N2O5/c1-15(2)14-30-18-12-8-9-16(13-18)20-19(22(26)28-3)21(23(27)29-4)25(24-20)17-10-6-5-7-11-17/h5-13H,1,14H2,2-4H3. The molecular formula is C23H22N2O5. The second-order valence-corrected chi connectivity index (χ2v) is 6.58. The van der Waals surface area contributed by atoms with Gasteiger partial charge >= 0.3 is 11.9 Å². The molecule has 0 radical (unpaired) electrons. The zero-order valence-electron chi connectivity index (χ0n) is 17.0. The van der Waals surface area contributed by atoms with Crippen LogP contribution in [0.1, 0.15) is 27.8 Å². The molecule has 7 heteroatoms. The van der Waals surface area contributed by atoms with Crippen LogP contribution in [0.3, 0.4) is 0 Å². The second kappa shape index (κ2) is 9.09. The van der Waals surface area contributed by atoms with Gasteiger partial charge in [-0.25, -0.2) is 14.3 Å². The highest BCUT2D eigenvalue weighted by molar-refractivity contribution is 6.06. The molecule has 0 bridgehead atoms. The highest BCUT2D eigenvalue weighted by Gasteiger charge is 2.31. The summed E-state index contributed by atoms with van der Waals surface area (Å²) in [7, 11) is 2.50. The van der Waals surface area contributed by atoms with Gasteiger partial charge in [-0.1, -0.05) is 36.9 Å². The fourth-order valence-corrected chi connectivity index (χ4v) is 2.90. The Balaban J connectivity index is 2.23. The molecule has 1 aromatic heterocycles. The van der Waals surface area contributed by atoms with Gasteiger partial charge in [-0.05, 0) is 36.8 Å². The highest BCUT2D eigenvalue weighted by atomic mass is 16.5. The van der Waals surface area contributed by atoms with Crippen molar-refractivity contribution in [1.29, 1.82) is 0 Å². The Labute approximate surface area is 174 Å². The predicted molar refractivity (Wildman–Crippen MR) is 112 cm³/mol. The average molecular weight is 406 g/mol. The van der Waals surface area contributed by atoms with Gasteiger partial charge in [0.25, 0.3) is 0 Å². The molecule has 0 atom stereocenters. The fourth-order valence-electron chi connectivity index (χ4n) is 2.90. The molecule has 0 aliphatic carbocycles. The molecule has 0 unspecified atom stereocenters. The number of carbonyl (C=O) groups is 2. The van der Waals surface area contributed by atoms with Gasteiger partial charge in [0, 0.05) is 5.56 Å². The third-order valence-electron chi connectivity index (χ3n) is 4.25. The van der Waals surface area contributed by atoms with E-state index < -0.39 is 11.9 Å². The molecule has 0 saturated carbocycles. The van der Waals surface area contributed by atoms with Crippen molar-refractivity contribution in [1.82, 2.24) is 9.78 Å². The van der Waals surface area contributed by atoms with Crippen molar-refractivity contribution in [3.05, 3.63) is 78.0 Å². The summed E-state index contributed by atoms with van der Waals surface area (Å²) in [4.78, 5) is 25.3. The maximum absolute atomic E-state index is 12.7. The van der Waals surface area contributed by atoms with Crippen LogP contribution >= 0.6 is 0 Å². The van der Waals surface area contributed by atoms with Gasteiger partial charge in [0.05, 0.1) is 19.9 Å². The third-order valence-corrected chi connectivity index (χ3v) is 4.25. The van der Waals surface area contributed by atoms with Gasteiger partial charge in [-0.15, -0.1) is 0 Å². The number of aromatic nitrogens is 2. The molecule has 0 aliphatic rings. The lowest BCUT2D eigenvalue weighted by Crippen LogP contribution is -2.15. The van der Waals surface area contributed by atoms with E-state index in [0.29, 0.717) is 23.6 Å². The first kappa shape index (κ1) is 20.9. The van der Waals surface area contributed by atoms with E-state index in [9.17, 15) is 9.59 Å². The lowest BCUT2D eigenvalue weighted by Gasteiger charge is -2.08. The molecule has 3 rings (SSSR count). The minimum Gasteiger partial charge on any atom is -0.489 e. The molecule has 0 saturated heterocycles. The maximum atomic E-state index is 12.7. The van der Waals surface area contributed by atoms with Crippen molar-refractivity contribution in [3.8, 4) is 22.7 Å². The molecule has 7 nitrogen and oxygen atoms in total. The number of benzene rings is 2. The zero-order chi connectivity index (χ0) is 21.7. The van der Waals surface area contributed by atoms with Crippen LogP contribution in [0, 0.1) is 0 Å². The van der Waals surface area contributed by atoms with E-state index in [0.717, 1.165) is 5.57 Å². The summed E-state index contributed by atoms with van der Waals surface area (Å²) in [5, 5.41) is 4.57. The normalized spacial score (nSPS) is 10.4. The lowest BCUT2D eigenvalue weighted by atomic mass is 10.1. The summed E-state index contributed by atoms with van der Waals surface area (Å²) in [5.74, 6) is -0.811. The molecule has 3 aromatic rings. The summed E-state index contributed by atoms with van der Waals surface area (Å²) in [6.45, 7) is 6.05. The number of nitrogens with zero attached hydrogens (tertiary/aromatic N) is 2. The van der Waals surface area contributed by atoms with Gasteiger partial charge in [0.15, 0.2) is 5.69 Å². The molecule has 0 fully saturated rings. The number of carbonyl (C=O) groups excluding carboxylic acids is 2. The van der Waals surface area contributed by atoms with E-state index in [1.54, 1.807) is 36.4 Å². The van der Waals surface area contributed by atoms with Crippen molar-refractivity contribution in [2.75, 3.05) is 20.8 Å². The highest BCUT2D eigenvalue weighted by Crippen LogP contribution is 2.31. The van der Waals surface area contributed by atoms with Crippen LogP contribution in [0.5, 0.6) is 5.75 Å². The van der Waals surface area contributed by atoms with Gasteiger partial charge in [0.2, 0.25) is 0 Å². The van der Waals surface area contributed by atoms with E-state index >= 15 is 0 Å². The SMILES string of the molecule is C=C(C)COc1cccc(-c2nn(-c3ccccc3)c(C(=O)OC)c2C(=O)OC)c1. The number of para-hydroxylation sites is 1. The molecule has 30 heavy (non-hydrogen) atoms. The summed E-state index contributed by atoms with van der Waals surface area (Å²) in [5.41, 5.74) is 2.35. The van der Waals surface area contributed by atoms with Gasteiger partial charge in [0.1, 0.15) is 23.6 Å². The largest absolute Gasteiger partial charge is 0.489 e. The van der Waals surface area contributed by atoms with E-state index in [-0.39, 0.29) is 17.0 Å². The minimum atomic E-state index is -0.701. The van der Waals surface area contributed by atoms with Crippen LogP contribution < -0.4 is 4.74 Å². The van der Waals surface area contributed by atoms with Crippen molar-refractivity contribution in [3.63, 3.8) is 0 Å². The van der Waals surface area contributed by atoms with Crippen molar-refractivity contribution in [2.24, 2.45) is 0 Å². The molecule has 0 aliphatic heterocycles. The van der Waals surface area contributed by atoms with E-state index in [1.165, 1.54) is 18.9 Å². The van der Waals surface area contributed by atoms with Crippen LogP contribution in [0.25, 0.3) is 16.9 Å². The Bertz CT molecular complexity index is 1090. The smallest absolute Gasteiger partial charge is 0.357 e. The monoisotopic (exact) mass is 406 g/mol. The first-order valence-corrected chi connectivity index (χ1v) is 9.19. The Hall–Kier alpha value is -3.87. The number of rotatable bonds is 7. The molecule has 154 valence electrons. The summed E-state index contributed by atoms with van der Waals surface area (Å²) in [6, 6.07) is 16.1. The number of methoxy groups -OCH3 is 2. The Morgan fingerprint density at radius 2 is 1.70 bits per heavy atom. The average Bonchev–Trinajstić information content (AvgIpc) is 3.18. The van der Waals surface area contributed by atoms with E-state index in [1.807, 2.05) is 25.1 Å². The zero-order valence-corrected chi connectivity index (χ0v) is 17.0. The van der Waals surface area contributed by atoms with Crippen LogP contribution in [-0.4, -0.2) is 42.5 Å². The number of hydrogen-bond donors (Lipinski definition) is 0. The summed E-state index contributed by atoms with van der Waals surface area (Å²) >= 11 is 0. The second-order valence-electron chi connectivity index (χ2n) is 6.58. The maximum Gasteiger partial charge on any atom is 0.357 e. The Morgan fingerprint density at radius 3 is 2.33 bits per heavy atom. The molecular weight excluding hydrogens is 384 g/mol. The first-order valence-electron chi connectivity index (χ1n) is 9.19. The summed E-state index contributed by atoms with van der Waals surface area (Å²) in [6.07, 6.45) is 0. The van der Waals surface area contributed by atoms with Gasteiger partial charge in [-0.2, -0.15) is 5.10 Å². The first-order chi connectivity index (χ1) is 14.5. The predicted octanol–water partition coefficient (Wildman–Crippen LogP) is 4.07. The van der Waals surface area contributed by atoms with E-state index in [2.05, 4.69) is 11.7 Å². The topological polar surface area (TPSA) is 79.7 Å². The summed E-state index contributed by atoms with van der Waals surface area (Å²) < 4.78 is 17.0.